The summed E-state index contributed by atoms with van der Waals surface area (Å²) in [6.07, 6.45) is 14.0. The van der Waals surface area contributed by atoms with Gasteiger partial charge < -0.3 is 14.2 Å². The number of epoxide rings is 1. The summed E-state index contributed by atoms with van der Waals surface area (Å²) < 4.78 is 15.5. The molecule has 0 spiro atoms. The third-order valence-electron chi connectivity index (χ3n) is 3.80. The molecule has 128 valence electrons. The van der Waals surface area contributed by atoms with E-state index < -0.39 is 0 Å². The molecular weight excluding hydrogens is 280 g/mol. The molecule has 1 atom stereocenters. The fourth-order valence-corrected chi connectivity index (χ4v) is 2.33. The fourth-order valence-electron chi connectivity index (χ4n) is 2.33. The minimum atomic E-state index is -0.314. The van der Waals surface area contributed by atoms with Gasteiger partial charge in [0.2, 0.25) is 0 Å². The number of rotatable bonds is 16. The zero-order valence-electron chi connectivity index (χ0n) is 13.9. The summed E-state index contributed by atoms with van der Waals surface area (Å²) in [6.45, 7) is 6.45. The number of hydrogen-bond acceptors (Lipinski definition) is 4. The van der Waals surface area contributed by atoms with Gasteiger partial charge in [0.1, 0.15) is 6.10 Å². The number of unbranched alkanes of at least 4 members (excludes halogenated alkanes) is 9. The largest absolute Gasteiger partial charge is 0.463 e. The summed E-state index contributed by atoms with van der Waals surface area (Å²) in [4.78, 5) is 10.8. The van der Waals surface area contributed by atoms with E-state index in [9.17, 15) is 4.79 Å². The predicted octanol–water partition coefficient (Wildman–Crippen LogP) is 4.03. The Balaban J connectivity index is 1.64. The van der Waals surface area contributed by atoms with E-state index in [4.69, 9.17) is 14.2 Å². The highest BCUT2D eigenvalue weighted by Gasteiger charge is 2.21. The second-order valence-corrected chi connectivity index (χ2v) is 5.94. The molecule has 0 aliphatic carbocycles. The van der Waals surface area contributed by atoms with Crippen molar-refractivity contribution in [2.24, 2.45) is 0 Å². The number of esters is 1. The van der Waals surface area contributed by atoms with Gasteiger partial charge in [0, 0.05) is 12.7 Å². The van der Waals surface area contributed by atoms with Crippen LogP contribution in [0.15, 0.2) is 12.7 Å². The van der Waals surface area contributed by atoms with Crippen LogP contribution in [0.25, 0.3) is 0 Å². The molecule has 0 aromatic carbocycles. The molecule has 0 radical (unpaired) electrons. The first-order chi connectivity index (χ1) is 10.8. The van der Waals surface area contributed by atoms with Crippen molar-refractivity contribution in [1.82, 2.24) is 0 Å². The summed E-state index contributed by atoms with van der Waals surface area (Å²) in [7, 11) is 0. The second-order valence-electron chi connectivity index (χ2n) is 5.94. The maximum absolute atomic E-state index is 10.8. The van der Waals surface area contributed by atoms with Gasteiger partial charge in [-0.3, -0.25) is 0 Å². The van der Waals surface area contributed by atoms with E-state index in [-0.39, 0.29) is 5.97 Å². The van der Waals surface area contributed by atoms with Crippen LogP contribution in [0.4, 0.5) is 0 Å². The zero-order chi connectivity index (χ0) is 15.9. The quantitative estimate of drug-likeness (QED) is 0.187. The number of carbonyl (C=O) groups is 1. The Morgan fingerprint density at radius 1 is 0.955 bits per heavy atom. The molecule has 1 heterocycles. The highest BCUT2D eigenvalue weighted by Crippen LogP contribution is 2.12. The second kappa shape index (κ2) is 13.8. The van der Waals surface area contributed by atoms with Crippen LogP contribution >= 0.6 is 0 Å². The van der Waals surface area contributed by atoms with Gasteiger partial charge >= 0.3 is 5.97 Å². The van der Waals surface area contributed by atoms with Gasteiger partial charge in [-0.05, 0) is 12.8 Å². The first-order valence-corrected chi connectivity index (χ1v) is 8.81. The smallest absolute Gasteiger partial charge is 0.330 e. The van der Waals surface area contributed by atoms with Crippen molar-refractivity contribution < 1.29 is 19.0 Å². The maximum atomic E-state index is 10.8. The Morgan fingerprint density at radius 2 is 1.45 bits per heavy atom. The number of carbonyl (C=O) groups excluding carboxylic acids is 1. The fraction of sp³-hybridized carbons (Fsp3) is 0.833. The van der Waals surface area contributed by atoms with E-state index in [1.807, 2.05) is 0 Å². The summed E-state index contributed by atoms with van der Waals surface area (Å²) in [5, 5.41) is 0. The highest BCUT2D eigenvalue weighted by molar-refractivity contribution is 5.81. The van der Waals surface area contributed by atoms with Crippen molar-refractivity contribution in [3.8, 4) is 0 Å². The summed E-state index contributed by atoms with van der Waals surface area (Å²) in [6, 6.07) is 0. The highest BCUT2D eigenvalue weighted by atomic mass is 16.6. The molecule has 22 heavy (non-hydrogen) atoms. The van der Waals surface area contributed by atoms with Crippen molar-refractivity contribution in [2.45, 2.75) is 70.3 Å². The van der Waals surface area contributed by atoms with Crippen LogP contribution < -0.4 is 0 Å². The lowest BCUT2D eigenvalue weighted by Gasteiger charge is -2.04. The molecule has 4 heteroatoms. The Morgan fingerprint density at radius 3 is 1.95 bits per heavy atom. The lowest BCUT2D eigenvalue weighted by Crippen LogP contribution is -2.02. The van der Waals surface area contributed by atoms with Gasteiger partial charge in [-0.25, -0.2) is 4.79 Å². The van der Waals surface area contributed by atoms with Crippen molar-refractivity contribution in [2.75, 3.05) is 26.4 Å². The first kappa shape index (κ1) is 19.2. The molecule has 1 unspecified atom stereocenters. The van der Waals surface area contributed by atoms with Gasteiger partial charge in [-0.1, -0.05) is 57.9 Å². The van der Waals surface area contributed by atoms with Crippen molar-refractivity contribution in [3.63, 3.8) is 0 Å². The molecule has 0 aromatic heterocycles. The van der Waals surface area contributed by atoms with Gasteiger partial charge in [0.15, 0.2) is 0 Å². The maximum Gasteiger partial charge on any atom is 0.330 e. The third-order valence-corrected chi connectivity index (χ3v) is 3.80. The molecule has 0 bridgehead atoms. The minimum Gasteiger partial charge on any atom is -0.463 e. The monoisotopic (exact) mass is 312 g/mol. The molecule has 1 saturated heterocycles. The normalized spacial score (nSPS) is 16.5. The van der Waals surface area contributed by atoms with Crippen molar-refractivity contribution in [3.05, 3.63) is 12.7 Å². The molecule has 1 fully saturated rings. The van der Waals surface area contributed by atoms with Crippen molar-refractivity contribution >= 4 is 5.97 Å². The Kier molecular flexibility index (Phi) is 12.0. The average molecular weight is 312 g/mol. The molecule has 0 aromatic rings. The number of ether oxygens (including phenoxy) is 3. The van der Waals surface area contributed by atoms with E-state index in [2.05, 4.69) is 6.58 Å². The van der Waals surface area contributed by atoms with Crippen LogP contribution in [-0.4, -0.2) is 38.5 Å². The van der Waals surface area contributed by atoms with Gasteiger partial charge in [-0.15, -0.1) is 0 Å². The lowest BCUT2D eigenvalue weighted by molar-refractivity contribution is -0.137. The summed E-state index contributed by atoms with van der Waals surface area (Å²) in [5.74, 6) is -0.314. The third kappa shape index (κ3) is 12.8. The molecule has 1 aliphatic heterocycles. The van der Waals surface area contributed by atoms with Crippen LogP contribution in [0, 0.1) is 0 Å². The van der Waals surface area contributed by atoms with Crippen molar-refractivity contribution in [1.29, 1.82) is 0 Å². The van der Waals surface area contributed by atoms with Gasteiger partial charge in [0.05, 0.1) is 19.8 Å². The van der Waals surface area contributed by atoms with E-state index in [0.29, 0.717) is 12.7 Å². The standard InChI is InChI=1S/C18H32O4/c1-2-18(19)21-14-12-10-8-6-4-3-5-7-9-11-13-20-15-17-16-22-17/h2,17H,1,3-16H2. The number of hydrogen-bond donors (Lipinski definition) is 0. The SMILES string of the molecule is C=CC(=O)OCCCCCCCCCCCCOCC1CO1. The Labute approximate surface area is 135 Å². The van der Waals surface area contributed by atoms with Crippen LogP contribution in [0.5, 0.6) is 0 Å². The molecule has 0 saturated carbocycles. The summed E-state index contributed by atoms with van der Waals surface area (Å²) in [5.41, 5.74) is 0. The van der Waals surface area contributed by atoms with E-state index in [1.54, 1.807) is 0 Å². The van der Waals surface area contributed by atoms with Crippen LogP contribution in [0.1, 0.15) is 64.2 Å². The predicted molar refractivity (Wildman–Crippen MR) is 87.9 cm³/mol. The van der Waals surface area contributed by atoms with Gasteiger partial charge in [0.25, 0.3) is 0 Å². The van der Waals surface area contributed by atoms with E-state index in [1.165, 1.54) is 57.4 Å². The molecule has 0 amide bonds. The zero-order valence-corrected chi connectivity index (χ0v) is 13.9. The van der Waals surface area contributed by atoms with Crippen LogP contribution in [0.2, 0.25) is 0 Å². The molecule has 0 N–H and O–H groups in total. The Bertz CT molecular complexity index is 287. The Hall–Kier alpha value is -0.870. The minimum absolute atomic E-state index is 0.314. The molecular formula is C18H32O4. The molecule has 1 rings (SSSR count). The molecule has 1 aliphatic rings. The molecule has 4 nitrogen and oxygen atoms in total. The topological polar surface area (TPSA) is 48.1 Å². The lowest BCUT2D eigenvalue weighted by atomic mass is 10.1. The van der Waals surface area contributed by atoms with E-state index >= 15 is 0 Å². The van der Waals surface area contributed by atoms with E-state index in [0.717, 1.165) is 32.7 Å². The summed E-state index contributed by atoms with van der Waals surface area (Å²) >= 11 is 0. The first-order valence-electron chi connectivity index (χ1n) is 8.81. The van der Waals surface area contributed by atoms with Gasteiger partial charge in [-0.2, -0.15) is 0 Å². The van der Waals surface area contributed by atoms with Crippen LogP contribution in [-0.2, 0) is 19.0 Å². The van der Waals surface area contributed by atoms with Crippen LogP contribution in [0.3, 0.4) is 0 Å². The average Bonchev–Trinajstić information content (AvgIpc) is 3.35.